The molecule has 1 rings (SSSR count). The minimum atomic E-state index is -0.111. The van der Waals surface area contributed by atoms with Gasteiger partial charge in [-0.25, -0.2) is 0 Å². The van der Waals surface area contributed by atoms with Crippen LogP contribution in [0.3, 0.4) is 0 Å². The molecule has 1 fully saturated rings. The molecule has 3 heteroatoms. The van der Waals surface area contributed by atoms with Crippen molar-refractivity contribution >= 4 is 0 Å². The fraction of sp³-hybridized carbons (Fsp3) is 1.00. The van der Waals surface area contributed by atoms with Crippen LogP contribution in [0.1, 0.15) is 46.0 Å². The normalized spacial score (nSPS) is 22.6. The SMILES string of the molecule is CCCC1CCN(CCC(C)(CO)NC)CC1. The number of hydrogen-bond donors (Lipinski definition) is 2. The van der Waals surface area contributed by atoms with Gasteiger partial charge in [-0.2, -0.15) is 0 Å². The van der Waals surface area contributed by atoms with Crippen molar-refractivity contribution in [2.24, 2.45) is 5.92 Å². The molecular weight excluding hydrogens is 212 g/mol. The molecular formula is C14H30N2O. The Labute approximate surface area is 107 Å². The van der Waals surface area contributed by atoms with Crippen molar-refractivity contribution in [3.63, 3.8) is 0 Å². The molecule has 0 radical (unpaired) electrons. The van der Waals surface area contributed by atoms with Gasteiger partial charge in [0.2, 0.25) is 0 Å². The van der Waals surface area contributed by atoms with E-state index in [1.165, 1.54) is 38.8 Å². The monoisotopic (exact) mass is 242 g/mol. The number of nitrogens with one attached hydrogen (secondary N) is 1. The van der Waals surface area contributed by atoms with Crippen LogP contribution in [0.25, 0.3) is 0 Å². The van der Waals surface area contributed by atoms with Gasteiger partial charge in [-0.3, -0.25) is 0 Å². The molecule has 3 nitrogen and oxygen atoms in total. The minimum Gasteiger partial charge on any atom is -0.394 e. The third kappa shape index (κ3) is 4.94. The number of rotatable bonds is 7. The summed E-state index contributed by atoms with van der Waals surface area (Å²) < 4.78 is 0. The summed E-state index contributed by atoms with van der Waals surface area (Å²) in [6, 6.07) is 0. The molecule has 0 aromatic heterocycles. The van der Waals surface area contributed by atoms with E-state index in [9.17, 15) is 5.11 Å². The Bertz CT molecular complexity index is 196. The van der Waals surface area contributed by atoms with E-state index in [0.717, 1.165) is 18.9 Å². The van der Waals surface area contributed by atoms with E-state index < -0.39 is 0 Å². The molecule has 2 N–H and O–H groups in total. The fourth-order valence-corrected chi connectivity index (χ4v) is 2.59. The lowest BCUT2D eigenvalue weighted by molar-refractivity contribution is 0.130. The number of nitrogens with zero attached hydrogens (tertiary/aromatic N) is 1. The van der Waals surface area contributed by atoms with Crippen molar-refractivity contribution in [2.45, 2.75) is 51.5 Å². The van der Waals surface area contributed by atoms with Gasteiger partial charge < -0.3 is 15.3 Å². The lowest BCUT2D eigenvalue weighted by atomic mass is 9.91. The molecule has 0 saturated carbocycles. The van der Waals surface area contributed by atoms with E-state index in [2.05, 4.69) is 24.1 Å². The van der Waals surface area contributed by atoms with Crippen LogP contribution < -0.4 is 5.32 Å². The smallest absolute Gasteiger partial charge is 0.0610 e. The van der Waals surface area contributed by atoms with Crippen LogP contribution in [0.2, 0.25) is 0 Å². The van der Waals surface area contributed by atoms with Crippen molar-refractivity contribution < 1.29 is 5.11 Å². The average Bonchev–Trinajstić information content (AvgIpc) is 2.38. The van der Waals surface area contributed by atoms with Gasteiger partial charge in [-0.1, -0.05) is 19.8 Å². The molecule has 1 aliphatic heterocycles. The maximum Gasteiger partial charge on any atom is 0.0610 e. The Morgan fingerprint density at radius 3 is 2.47 bits per heavy atom. The van der Waals surface area contributed by atoms with E-state index in [1.54, 1.807) is 0 Å². The van der Waals surface area contributed by atoms with Gasteiger partial charge in [0.25, 0.3) is 0 Å². The Morgan fingerprint density at radius 2 is 2.00 bits per heavy atom. The van der Waals surface area contributed by atoms with Gasteiger partial charge in [-0.05, 0) is 58.8 Å². The Balaban J connectivity index is 2.22. The molecule has 1 atom stereocenters. The summed E-state index contributed by atoms with van der Waals surface area (Å²) in [6.07, 6.45) is 6.48. The highest BCUT2D eigenvalue weighted by atomic mass is 16.3. The lowest BCUT2D eigenvalue weighted by Crippen LogP contribution is -2.47. The first-order valence-corrected chi connectivity index (χ1v) is 7.15. The van der Waals surface area contributed by atoms with Gasteiger partial charge >= 0.3 is 0 Å². The second-order valence-electron chi connectivity index (χ2n) is 5.79. The van der Waals surface area contributed by atoms with E-state index in [1.807, 2.05) is 7.05 Å². The Kier molecular flexibility index (Phi) is 6.45. The maximum atomic E-state index is 9.35. The summed E-state index contributed by atoms with van der Waals surface area (Å²) in [4.78, 5) is 2.55. The predicted molar refractivity (Wildman–Crippen MR) is 73.2 cm³/mol. The summed E-state index contributed by atoms with van der Waals surface area (Å²) in [5, 5.41) is 12.6. The molecule has 0 amide bonds. The van der Waals surface area contributed by atoms with Crippen molar-refractivity contribution in [1.29, 1.82) is 0 Å². The molecule has 1 unspecified atom stereocenters. The first-order chi connectivity index (χ1) is 8.13. The molecule has 1 aliphatic rings. The summed E-state index contributed by atoms with van der Waals surface area (Å²) in [5.41, 5.74) is -0.111. The van der Waals surface area contributed by atoms with Crippen LogP contribution in [0.15, 0.2) is 0 Å². The van der Waals surface area contributed by atoms with Crippen molar-refractivity contribution in [3.8, 4) is 0 Å². The number of likely N-dealkylation sites (tertiary alicyclic amines) is 1. The highest BCUT2D eigenvalue weighted by molar-refractivity contribution is 4.83. The number of aliphatic hydroxyl groups excluding tert-OH is 1. The van der Waals surface area contributed by atoms with Crippen molar-refractivity contribution in [3.05, 3.63) is 0 Å². The van der Waals surface area contributed by atoms with Crippen LogP contribution in [0.5, 0.6) is 0 Å². The number of aliphatic hydroxyl groups is 1. The van der Waals surface area contributed by atoms with E-state index >= 15 is 0 Å². The third-order valence-corrected chi connectivity index (χ3v) is 4.34. The molecule has 0 aliphatic carbocycles. The third-order valence-electron chi connectivity index (χ3n) is 4.34. The zero-order valence-corrected chi connectivity index (χ0v) is 11.8. The lowest BCUT2D eigenvalue weighted by Gasteiger charge is -2.35. The van der Waals surface area contributed by atoms with Gasteiger partial charge in [-0.15, -0.1) is 0 Å². The highest BCUT2D eigenvalue weighted by Crippen LogP contribution is 2.22. The zero-order valence-electron chi connectivity index (χ0n) is 11.8. The average molecular weight is 242 g/mol. The van der Waals surface area contributed by atoms with Gasteiger partial charge in [0.15, 0.2) is 0 Å². The quantitative estimate of drug-likeness (QED) is 0.715. The first-order valence-electron chi connectivity index (χ1n) is 7.15. The summed E-state index contributed by atoms with van der Waals surface area (Å²) in [7, 11) is 1.93. The summed E-state index contributed by atoms with van der Waals surface area (Å²) in [5.74, 6) is 0.963. The van der Waals surface area contributed by atoms with Crippen molar-refractivity contribution in [1.82, 2.24) is 10.2 Å². The molecule has 0 aromatic carbocycles. The second kappa shape index (κ2) is 7.34. The van der Waals surface area contributed by atoms with Crippen LogP contribution in [-0.2, 0) is 0 Å². The number of piperidine rings is 1. The molecule has 1 heterocycles. The minimum absolute atomic E-state index is 0.111. The van der Waals surface area contributed by atoms with Gasteiger partial charge in [0.05, 0.1) is 6.61 Å². The van der Waals surface area contributed by atoms with Crippen molar-refractivity contribution in [2.75, 3.05) is 33.3 Å². The molecule has 102 valence electrons. The fourth-order valence-electron chi connectivity index (χ4n) is 2.59. The summed E-state index contributed by atoms with van der Waals surface area (Å²) >= 11 is 0. The molecule has 17 heavy (non-hydrogen) atoms. The zero-order chi connectivity index (χ0) is 12.7. The van der Waals surface area contributed by atoms with Crippen LogP contribution in [0.4, 0.5) is 0 Å². The van der Waals surface area contributed by atoms with E-state index in [4.69, 9.17) is 0 Å². The van der Waals surface area contributed by atoms with Crippen LogP contribution in [-0.4, -0.2) is 48.8 Å². The van der Waals surface area contributed by atoms with Gasteiger partial charge in [0.1, 0.15) is 0 Å². The molecule has 0 spiro atoms. The second-order valence-corrected chi connectivity index (χ2v) is 5.79. The molecule has 0 bridgehead atoms. The number of hydrogen-bond acceptors (Lipinski definition) is 3. The highest BCUT2D eigenvalue weighted by Gasteiger charge is 2.24. The Hall–Kier alpha value is -0.120. The molecule has 0 aromatic rings. The first kappa shape index (κ1) is 14.9. The Morgan fingerprint density at radius 1 is 1.35 bits per heavy atom. The van der Waals surface area contributed by atoms with Gasteiger partial charge in [0, 0.05) is 5.54 Å². The topological polar surface area (TPSA) is 35.5 Å². The standard InChI is InChI=1S/C14H30N2O/c1-4-5-13-6-9-16(10-7-13)11-8-14(2,12-17)15-3/h13,15,17H,4-12H2,1-3H3. The largest absolute Gasteiger partial charge is 0.394 e. The predicted octanol–water partition coefficient (Wildman–Crippen LogP) is 1.86. The maximum absolute atomic E-state index is 9.35. The van der Waals surface area contributed by atoms with E-state index in [0.29, 0.717) is 0 Å². The summed E-state index contributed by atoms with van der Waals surface area (Å²) in [6.45, 7) is 8.20. The number of likely N-dealkylation sites (N-methyl/N-ethyl adjacent to an activating group) is 1. The van der Waals surface area contributed by atoms with Crippen LogP contribution in [0, 0.1) is 5.92 Å². The van der Waals surface area contributed by atoms with Crippen LogP contribution >= 0.6 is 0 Å². The van der Waals surface area contributed by atoms with E-state index in [-0.39, 0.29) is 12.1 Å². The molecule has 1 saturated heterocycles.